The van der Waals surface area contributed by atoms with Crippen molar-refractivity contribution in [3.05, 3.63) is 33.9 Å². The quantitative estimate of drug-likeness (QED) is 0.640. The minimum absolute atomic E-state index is 0.0706. The maximum atomic E-state index is 11.0. The van der Waals surface area contributed by atoms with E-state index in [0.29, 0.717) is 5.69 Å². The minimum Gasteiger partial charge on any atom is -0.374 e. The number of benzene rings is 1. The Balaban J connectivity index is 2.39. The number of nitrogens with one attached hydrogen (secondary N) is 1. The number of nitro groups is 1. The van der Waals surface area contributed by atoms with Crippen LogP contribution >= 0.6 is 0 Å². The summed E-state index contributed by atoms with van der Waals surface area (Å²) in [5, 5.41) is 23.1. The second-order valence-corrected chi connectivity index (χ2v) is 4.61. The predicted octanol–water partition coefficient (Wildman–Crippen LogP) is 2.82. The highest BCUT2D eigenvalue weighted by atomic mass is 16.6. The van der Waals surface area contributed by atoms with Crippen molar-refractivity contribution in [1.82, 2.24) is 0 Å². The summed E-state index contributed by atoms with van der Waals surface area (Å²) >= 11 is 0. The molecule has 1 aliphatic carbocycles. The Hall–Kier alpha value is -2.09. The van der Waals surface area contributed by atoms with Gasteiger partial charge < -0.3 is 5.32 Å². The van der Waals surface area contributed by atoms with E-state index in [-0.39, 0.29) is 16.8 Å². The van der Waals surface area contributed by atoms with E-state index in [9.17, 15) is 10.1 Å². The summed E-state index contributed by atoms with van der Waals surface area (Å²) in [5.74, 6) is 0. The standard InChI is InChI=1S/C12H13N3O2/c1-12(6-3-7-12)14-10-5-2-4-9(8-13)11(10)15(16)17/h2,4-5,14H,3,6-7H2,1H3. The van der Waals surface area contributed by atoms with E-state index in [4.69, 9.17) is 5.26 Å². The van der Waals surface area contributed by atoms with Gasteiger partial charge in [-0.3, -0.25) is 10.1 Å². The maximum absolute atomic E-state index is 11.0. The SMILES string of the molecule is CC1(Nc2cccc(C#N)c2[N+](=O)[O-])CCC1. The second-order valence-electron chi connectivity index (χ2n) is 4.61. The highest BCUT2D eigenvalue weighted by Crippen LogP contribution is 2.38. The summed E-state index contributed by atoms with van der Waals surface area (Å²) in [6.45, 7) is 2.04. The smallest absolute Gasteiger partial charge is 0.309 e. The summed E-state index contributed by atoms with van der Waals surface area (Å²) < 4.78 is 0. The molecule has 1 N–H and O–H groups in total. The highest BCUT2D eigenvalue weighted by Gasteiger charge is 2.33. The van der Waals surface area contributed by atoms with E-state index in [1.807, 2.05) is 13.0 Å². The first kappa shape index (κ1) is 11.4. The molecule has 17 heavy (non-hydrogen) atoms. The lowest BCUT2D eigenvalue weighted by molar-refractivity contribution is -0.384. The molecule has 0 unspecified atom stereocenters. The Bertz CT molecular complexity index is 501. The summed E-state index contributed by atoms with van der Waals surface area (Å²) in [4.78, 5) is 10.5. The first-order valence-electron chi connectivity index (χ1n) is 5.51. The number of nitro benzene ring substituents is 1. The number of hydrogen-bond donors (Lipinski definition) is 1. The Labute approximate surface area is 99.2 Å². The van der Waals surface area contributed by atoms with Crippen molar-refractivity contribution >= 4 is 11.4 Å². The largest absolute Gasteiger partial charge is 0.374 e. The van der Waals surface area contributed by atoms with Gasteiger partial charge in [-0.1, -0.05) is 6.07 Å². The molecule has 1 saturated carbocycles. The van der Waals surface area contributed by atoms with Gasteiger partial charge in [0.15, 0.2) is 0 Å². The molecular weight excluding hydrogens is 218 g/mol. The molecule has 0 aliphatic heterocycles. The molecule has 1 aromatic rings. The number of para-hydroxylation sites is 1. The number of anilines is 1. The third-order valence-electron chi connectivity index (χ3n) is 3.23. The van der Waals surface area contributed by atoms with E-state index >= 15 is 0 Å². The van der Waals surface area contributed by atoms with Crippen LogP contribution in [0.25, 0.3) is 0 Å². The zero-order valence-electron chi connectivity index (χ0n) is 9.56. The van der Waals surface area contributed by atoms with Crippen LogP contribution < -0.4 is 5.32 Å². The van der Waals surface area contributed by atoms with Gasteiger partial charge in [0.2, 0.25) is 0 Å². The van der Waals surface area contributed by atoms with Gasteiger partial charge in [-0.05, 0) is 38.3 Å². The van der Waals surface area contributed by atoms with Gasteiger partial charge >= 0.3 is 5.69 Å². The van der Waals surface area contributed by atoms with Crippen LogP contribution in [0.2, 0.25) is 0 Å². The molecule has 5 nitrogen and oxygen atoms in total. The molecule has 1 fully saturated rings. The Morgan fingerprint density at radius 3 is 2.71 bits per heavy atom. The van der Waals surface area contributed by atoms with Crippen LogP contribution in [0.3, 0.4) is 0 Å². The Morgan fingerprint density at radius 1 is 1.53 bits per heavy atom. The van der Waals surface area contributed by atoms with E-state index < -0.39 is 4.92 Å². The Morgan fingerprint density at radius 2 is 2.24 bits per heavy atom. The van der Waals surface area contributed by atoms with Crippen LogP contribution in [-0.4, -0.2) is 10.5 Å². The molecule has 0 atom stereocenters. The van der Waals surface area contributed by atoms with Crippen molar-refractivity contribution in [3.8, 4) is 6.07 Å². The molecule has 0 spiro atoms. The van der Waals surface area contributed by atoms with Crippen molar-refractivity contribution in [2.24, 2.45) is 0 Å². The fourth-order valence-corrected chi connectivity index (χ4v) is 2.09. The summed E-state index contributed by atoms with van der Waals surface area (Å²) in [5.41, 5.74) is 0.348. The number of nitriles is 1. The van der Waals surface area contributed by atoms with Crippen molar-refractivity contribution in [2.75, 3.05) is 5.32 Å². The molecule has 0 aromatic heterocycles. The topological polar surface area (TPSA) is 79.0 Å². The molecule has 0 saturated heterocycles. The van der Waals surface area contributed by atoms with E-state index in [1.54, 1.807) is 12.1 Å². The van der Waals surface area contributed by atoms with Gasteiger partial charge in [-0.15, -0.1) is 0 Å². The molecule has 0 heterocycles. The average Bonchev–Trinajstić information content (AvgIpc) is 2.26. The summed E-state index contributed by atoms with van der Waals surface area (Å²) in [7, 11) is 0. The zero-order chi connectivity index (χ0) is 12.5. The van der Waals surface area contributed by atoms with Crippen molar-refractivity contribution in [1.29, 1.82) is 5.26 Å². The van der Waals surface area contributed by atoms with Crippen LogP contribution in [0, 0.1) is 21.4 Å². The molecule has 0 bridgehead atoms. The third kappa shape index (κ3) is 2.07. The molecular formula is C12H13N3O2. The minimum atomic E-state index is -0.497. The monoisotopic (exact) mass is 231 g/mol. The highest BCUT2D eigenvalue weighted by molar-refractivity contribution is 5.69. The fourth-order valence-electron chi connectivity index (χ4n) is 2.09. The van der Waals surface area contributed by atoms with Crippen LogP contribution in [-0.2, 0) is 0 Å². The lowest BCUT2D eigenvalue weighted by atomic mass is 9.78. The first-order valence-corrected chi connectivity index (χ1v) is 5.51. The van der Waals surface area contributed by atoms with Gasteiger partial charge in [0.1, 0.15) is 17.3 Å². The molecule has 0 amide bonds. The molecule has 1 aromatic carbocycles. The van der Waals surface area contributed by atoms with Gasteiger partial charge in [0.25, 0.3) is 0 Å². The van der Waals surface area contributed by atoms with Gasteiger partial charge in [0.05, 0.1) is 4.92 Å². The van der Waals surface area contributed by atoms with Crippen LogP contribution in [0.4, 0.5) is 11.4 Å². The Kier molecular flexibility index (Phi) is 2.72. The average molecular weight is 231 g/mol. The molecule has 5 heteroatoms. The first-order chi connectivity index (χ1) is 8.06. The lowest BCUT2D eigenvalue weighted by Crippen LogP contribution is -2.41. The van der Waals surface area contributed by atoms with Gasteiger partial charge in [0, 0.05) is 5.54 Å². The predicted molar refractivity (Wildman–Crippen MR) is 63.7 cm³/mol. The molecule has 2 rings (SSSR count). The third-order valence-corrected chi connectivity index (χ3v) is 3.23. The zero-order valence-corrected chi connectivity index (χ0v) is 9.56. The summed E-state index contributed by atoms with van der Waals surface area (Å²) in [6.07, 6.45) is 3.14. The van der Waals surface area contributed by atoms with Crippen LogP contribution in [0.1, 0.15) is 31.7 Å². The van der Waals surface area contributed by atoms with Gasteiger partial charge in [-0.25, -0.2) is 0 Å². The van der Waals surface area contributed by atoms with Crippen molar-refractivity contribution < 1.29 is 4.92 Å². The normalized spacial score (nSPS) is 16.7. The number of rotatable bonds is 3. The van der Waals surface area contributed by atoms with Crippen LogP contribution in [0.5, 0.6) is 0 Å². The number of hydrogen-bond acceptors (Lipinski definition) is 4. The number of nitrogens with zero attached hydrogens (tertiary/aromatic N) is 2. The van der Waals surface area contributed by atoms with E-state index in [2.05, 4.69) is 5.32 Å². The van der Waals surface area contributed by atoms with Crippen molar-refractivity contribution in [3.63, 3.8) is 0 Å². The molecule has 0 radical (unpaired) electrons. The van der Waals surface area contributed by atoms with Crippen molar-refractivity contribution in [2.45, 2.75) is 31.7 Å². The lowest BCUT2D eigenvalue weighted by Gasteiger charge is -2.39. The molecule has 1 aliphatic rings. The fraction of sp³-hybridized carbons (Fsp3) is 0.417. The summed E-state index contributed by atoms with van der Waals surface area (Å²) in [6, 6.07) is 6.64. The van der Waals surface area contributed by atoms with Crippen LogP contribution in [0.15, 0.2) is 18.2 Å². The van der Waals surface area contributed by atoms with E-state index in [0.717, 1.165) is 19.3 Å². The second kappa shape index (κ2) is 4.06. The van der Waals surface area contributed by atoms with Gasteiger partial charge in [-0.2, -0.15) is 5.26 Å². The van der Waals surface area contributed by atoms with E-state index in [1.165, 1.54) is 6.07 Å². The maximum Gasteiger partial charge on any atom is 0.309 e. The molecule has 88 valence electrons.